The molecule has 5 nitrogen and oxygen atoms in total. The maximum absolute atomic E-state index is 12.9. The largest absolute Gasteiger partial charge is 0.341 e. The van der Waals surface area contributed by atoms with Gasteiger partial charge in [0.1, 0.15) is 0 Å². The van der Waals surface area contributed by atoms with Crippen molar-refractivity contribution < 1.29 is 4.79 Å². The lowest BCUT2D eigenvalue weighted by atomic mass is 9.83. The zero-order valence-electron chi connectivity index (χ0n) is 14.8. The maximum atomic E-state index is 12.9. The third-order valence-corrected chi connectivity index (χ3v) is 6.21. The molecule has 1 atom stereocenters. The SMILES string of the molecule is C=CCN1CCC[C@@H]1C(=O)N1CCC2(CC1)CN(C)CCN2C. The molecule has 1 amide bonds. The van der Waals surface area contributed by atoms with Gasteiger partial charge in [0, 0.05) is 44.8 Å². The zero-order valence-corrected chi connectivity index (χ0v) is 14.8. The number of likely N-dealkylation sites (N-methyl/N-ethyl adjacent to an activating group) is 2. The number of amides is 1. The van der Waals surface area contributed by atoms with Crippen molar-refractivity contribution in [2.75, 3.05) is 59.9 Å². The second-order valence-corrected chi connectivity index (χ2v) is 7.65. The van der Waals surface area contributed by atoms with Crippen molar-refractivity contribution in [3.63, 3.8) is 0 Å². The normalized spacial score (nSPS) is 30.0. The lowest BCUT2D eigenvalue weighted by molar-refractivity contribution is -0.139. The number of likely N-dealkylation sites (tertiary alicyclic amines) is 2. The molecule has 0 N–H and O–H groups in total. The van der Waals surface area contributed by atoms with E-state index >= 15 is 0 Å². The van der Waals surface area contributed by atoms with Gasteiger partial charge in [0.2, 0.25) is 5.91 Å². The first-order valence-corrected chi connectivity index (χ1v) is 9.09. The molecule has 5 heteroatoms. The average Bonchev–Trinajstić information content (AvgIpc) is 3.00. The molecule has 0 aromatic carbocycles. The molecule has 0 bridgehead atoms. The van der Waals surface area contributed by atoms with E-state index in [1.165, 1.54) is 0 Å². The van der Waals surface area contributed by atoms with Gasteiger partial charge in [0.25, 0.3) is 0 Å². The molecule has 0 radical (unpaired) electrons. The van der Waals surface area contributed by atoms with Crippen molar-refractivity contribution in [3.05, 3.63) is 12.7 Å². The molecule has 130 valence electrons. The predicted molar refractivity (Wildman–Crippen MR) is 93.5 cm³/mol. The van der Waals surface area contributed by atoms with E-state index in [9.17, 15) is 4.79 Å². The summed E-state index contributed by atoms with van der Waals surface area (Å²) in [6.07, 6.45) is 6.28. The summed E-state index contributed by atoms with van der Waals surface area (Å²) in [5, 5.41) is 0. The van der Waals surface area contributed by atoms with Crippen LogP contribution in [0.1, 0.15) is 25.7 Å². The molecule has 0 aromatic rings. The first-order chi connectivity index (χ1) is 11.1. The van der Waals surface area contributed by atoms with Crippen molar-refractivity contribution in [3.8, 4) is 0 Å². The lowest BCUT2D eigenvalue weighted by Crippen LogP contribution is -2.64. The summed E-state index contributed by atoms with van der Waals surface area (Å²) in [5.41, 5.74) is 0.278. The molecule has 0 saturated carbocycles. The Kier molecular flexibility index (Phi) is 5.09. The van der Waals surface area contributed by atoms with Gasteiger partial charge in [-0.1, -0.05) is 6.08 Å². The Morgan fingerprint density at radius 2 is 1.91 bits per heavy atom. The van der Waals surface area contributed by atoms with E-state index < -0.39 is 0 Å². The molecule has 0 unspecified atom stereocenters. The summed E-state index contributed by atoms with van der Waals surface area (Å²) in [6, 6.07) is 0.0915. The highest BCUT2D eigenvalue weighted by atomic mass is 16.2. The summed E-state index contributed by atoms with van der Waals surface area (Å²) in [7, 11) is 4.48. The third-order valence-electron chi connectivity index (χ3n) is 6.21. The highest BCUT2D eigenvalue weighted by Gasteiger charge is 2.43. The van der Waals surface area contributed by atoms with Crippen molar-refractivity contribution in [1.29, 1.82) is 0 Å². The topological polar surface area (TPSA) is 30.0 Å². The van der Waals surface area contributed by atoms with Crippen molar-refractivity contribution in [2.45, 2.75) is 37.3 Å². The van der Waals surface area contributed by atoms with Crippen LogP contribution in [0.2, 0.25) is 0 Å². The van der Waals surface area contributed by atoms with Gasteiger partial charge in [-0.15, -0.1) is 6.58 Å². The van der Waals surface area contributed by atoms with Crippen LogP contribution in [0.3, 0.4) is 0 Å². The Labute approximate surface area is 140 Å². The number of rotatable bonds is 3. The molecule has 3 fully saturated rings. The summed E-state index contributed by atoms with van der Waals surface area (Å²) < 4.78 is 0. The predicted octanol–water partition coefficient (Wildman–Crippen LogP) is 0.875. The smallest absolute Gasteiger partial charge is 0.239 e. The van der Waals surface area contributed by atoms with Crippen LogP contribution in [0.15, 0.2) is 12.7 Å². The fourth-order valence-corrected chi connectivity index (χ4v) is 4.64. The van der Waals surface area contributed by atoms with E-state index in [0.717, 1.165) is 71.5 Å². The van der Waals surface area contributed by atoms with Crippen LogP contribution in [0.5, 0.6) is 0 Å². The molecule has 3 saturated heterocycles. The fourth-order valence-electron chi connectivity index (χ4n) is 4.64. The second-order valence-electron chi connectivity index (χ2n) is 7.65. The number of carbonyl (C=O) groups excluding carboxylic acids is 1. The number of hydrogen-bond donors (Lipinski definition) is 0. The highest BCUT2D eigenvalue weighted by Crippen LogP contribution is 2.32. The molecule has 0 aromatic heterocycles. The van der Waals surface area contributed by atoms with Gasteiger partial charge in [0.05, 0.1) is 6.04 Å². The lowest BCUT2D eigenvalue weighted by Gasteiger charge is -2.52. The molecular weight excluding hydrogens is 288 g/mol. The second kappa shape index (κ2) is 6.91. The molecule has 3 aliphatic rings. The molecule has 3 heterocycles. The van der Waals surface area contributed by atoms with Gasteiger partial charge in [-0.25, -0.2) is 0 Å². The average molecular weight is 320 g/mol. The van der Waals surface area contributed by atoms with Gasteiger partial charge in [-0.3, -0.25) is 14.6 Å². The Morgan fingerprint density at radius 3 is 2.61 bits per heavy atom. The van der Waals surface area contributed by atoms with Crippen LogP contribution in [0.25, 0.3) is 0 Å². The molecule has 1 spiro atoms. The van der Waals surface area contributed by atoms with E-state index in [2.05, 4.69) is 40.3 Å². The van der Waals surface area contributed by atoms with Crippen LogP contribution >= 0.6 is 0 Å². The highest BCUT2D eigenvalue weighted by molar-refractivity contribution is 5.82. The Balaban J connectivity index is 1.60. The monoisotopic (exact) mass is 320 g/mol. The summed E-state index contributed by atoms with van der Waals surface area (Å²) in [6.45, 7) is 10.9. The summed E-state index contributed by atoms with van der Waals surface area (Å²) >= 11 is 0. The minimum atomic E-state index is 0.0915. The number of piperazine rings is 1. The van der Waals surface area contributed by atoms with E-state index in [1.807, 2.05) is 6.08 Å². The van der Waals surface area contributed by atoms with Crippen LogP contribution in [-0.4, -0.2) is 97.0 Å². The van der Waals surface area contributed by atoms with Gasteiger partial charge in [-0.05, 0) is 46.3 Å². The zero-order chi connectivity index (χ0) is 16.4. The fraction of sp³-hybridized carbons (Fsp3) is 0.833. The number of hydrogen-bond acceptors (Lipinski definition) is 4. The minimum Gasteiger partial charge on any atom is -0.341 e. The molecule has 23 heavy (non-hydrogen) atoms. The van der Waals surface area contributed by atoms with E-state index in [4.69, 9.17) is 0 Å². The quantitative estimate of drug-likeness (QED) is 0.722. The standard InChI is InChI=1S/C18H32N4O/c1-4-9-21-10-5-6-16(21)17(23)22-11-7-18(8-12-22)15-19(2)13-14-20(18)3/h4,16H,1,5-15H2,2-3H3/t16-/m1/s1. The van der Waals surface area contributed by atoms with Gasteiger partial charge < -0.3 is 9.80 Å². The summed E-state index contributed by atoms with van der Waals surface area (Å²) in [5.74, 6) is 0.353. The number of carbonyl (C=O) groups is 1. The first-order valence-electron chi connectivity index (χ1n) is 9.09. The molecule has 3 aliphatic heterocycles. The molecule has 0 aliphatic carbocycles. The van der Waals surface area contributed by atoms with E-state index in [1.54, 1.807) is 0 Å². The number of nitrogens with zero attached hydrogens (tertiary/aromatic N) is 4. The van der Waals surface area contributed by atoms with Gasteiger partial charge in [-0.2, -0.15) is 0 Å². The van der Waals surface area contributed by atoms with Crippen molar-refractivity contribution in [2.24, 2.45) is 0 Å². The van der Waals surface area contributed by atoms with Gasteiger partial charge in [0.15, 0.2) is 0 Å². The van der Waals surface area contributed by atoms with Crippen LogP contribution in [-0.2, 0) is 4.79 Å². The Morgan fingerprint density at radius 1 is 1.17 bits per heavy atom. The third kappa shape index (κ3) is 3.32. The van der Waals surface area contributed by atoms with Crippen molar-refractivity contribution >= 4 is 5.91 Å². The molecular formula is C18H32N4O. The van der Waals surface area contributed by atoms with Gasteiger partial charge >= 0.3 is 0 Å². The van der Waals surface area contributed by atoms with Crippen LogP contribution < -0.4 is 0 Å². The molecule has 3 rings (SSSR count). The minimum absolute atomic E-state index is 0.0915. The van der Waals surface area contributed by atoms with Crippen molar-refractivity contribution in [1.82, 2.24) is 19.6 Å². The Hall–Kier alpha value is -0.910. The van der Waals surface area contributed by atoms with E-state index in [-0.39, 0.29) is 11.6 Å². The van der Waals surface area contributed by atoms with Crippen LogP contribution in [0, 0.1) is 0 Å². The Bertz CT molecular complexity index is 444. The number of piperidine rings is 1. The first kappa shape index (κ1) is 16.9. The van der Waals surface area contributed by atoms with E-state index in [0.29, 0.717) is 5.91 Å². The summed E-state index contributed by atoms with van der Waals surface area (Å²) in [4.78, 5) is 22.3. The maximum Gasteiger partial charge on any atom is 0.239 e. The van der Waals surface area contributed by atoms with Crippen LogP contribution in [0.4, 0.5) is 0 Å².